The molecule has 0 N–H and O–H groups in total. The normalized spacial score (nSPS) is 12.6. The molecule has 0 fully saturated rings. The summed E-state index contributed by atoms with van der Waals surface area (Å²) >= 11 is 0. The van der Waals surface area contributed by atoms with Gasteiger partial charge >= 0.3 is 6.18 Å². The fraction of sp³-hybridized carbons (Fsp3) is 0.294. The zero-order chi connectivity index (χ0) is 19.1. The molecular formula is C17H14F5N3O. The van der Waals surface area contributed by atoms with Crippen LogP contribution in [0.1, 0.15) is 18.2 Å². The van der Waals surface area contributed by atoms with Crippen LogP contribution in [0.2, 0.25) is 0 Å². The maximum absolute atomic E-state index is 12.9. The minimum absolute atomic E-state index is 0.163. The van der Waals surface area contributed by atoms with Gasteiger partial charge in [-0.25, -0.2) is 13.8 Å². The summed E-state index contributed by atoms with van der Waals surface area (Å²) in [7, 11) is 0. The number of rotatable bonds is 4. The van der Waals surface area contributed by atoms with E-state index in [0.717, 1.165) is 19.2 Å². The van der Waals surface area contributed by atoms with Crippen LogP contribution < -0.4 is 4.74 Å². The Bertz CT molecular complexity index is 926. The third kappa shape index (κ3) is 3.76. The molecule has 0 unspecified atom stereocenters. The molecular weight excluding hydrogens is 357 g/mol. The van der Waals surface area contributed by atoms with E-state index in [2.05, 4.69) is 9.97 Å². The van der Waals surface area contributed by atoms with E-state index in [4.69, 9.17) is 4.74 Å². The monoisotopic (exact) mass is 371 g/mol. The average molecular weight is 371 g/mol. The molecule has 3 rings (SSSR count). The number of ether oxygens (including phenoxy) is 1. The Balaban J connectivity index is 1.92. The predicted octanol–water partition coefficient (Wildman–Crippen LogP) is 4.76. The lowest BCUT2D eigenvalue weighted by Crippen LogP contribution is -2.20. The van der Waals surface area contributed by atoms with Crippen molar-refractivity contribution < 1.29 is 26.7 Å². The number of halogens is 5. The number of aromatic nitrogens is 3. The number of hydrogen-bond acceptors (Lipinski definition) is 3. The third-order valence-electron chi connectivity index (χ3n) is 3.66. The minimum Gasteiger partial charge on any atom is -0.486 e. The second-order valence-corrected chi connectivity index (χ2v) is 5.93. The molecule has 138 valence electrons. The van der Waals surface area contributed by atoms with Gasteiger partial charge < -0.3 is 9.14 Å². The van der Waals surface area contributed by atoms with E-state index < -0.39 is 24.3 Å². The van der Waals surface area contributed by atoms with Gasteiger partial charge in [0.25, 0.3) is 5.92 Å². The van der Waals surface area contributed by atoms with Gasteiger partial charge in [-0.05, 0) is 31.2 Å². The van der Waals surface area contributed by atoms with Crippen molar-refractivity contribution in [2.45, 2.75) is 25.9 Å². The fourth-order valence-corrected chi connectivity index (χ4v) is 2.39. The number of hydrogen-bond donors (Lipinski definition) is 0. The SMILES string of the molecule is Cc1c(-c2ccc(OCC(C)(F)F)cn2)nc2ccc(C(F)(F)F)cn12. The average Bonchev–Trinajstić information content (AvgIpc) is 2.88. The second-order valence-electron chi connectivity index (χ2n) is 5.93. The van der Waals surface area contributed by atoms with Crippen LogP contribution in [0.25, 0.3) is 17.0 Å². The Morgan fingerprint density at radius 1 is 1.08 bits per heavy atom. The standard InChI is InChI=1S/C17H14F5N3O/c1-10-15(13-5-4-12(7-23-13)26-9-16(2,18)19)24-14-6-3-11(8-25(10)14)17(20,21)22/h3-8H,9H2,1-2H3. The van der Waals surface area contributed by atoms with Crippen molar-refractivity contribution in [3.05, 3.63) is 47.9 Å². The summed E-state index contributed by atoms with van der Waals surface area (Å²) in [6.07, 6.45) is -2.21. The van der Waals surface area contributed by atoms with Crippen LogP contribution in [0.4, 0.5) is 22.0 Å². The van der Waals surface area contributed by atoms with Gasteiger partial charge in [-0.15, -0.1) is 0 Å². The van der Waals surface area contributed by atoms with Crippen LogP contribution in [-0.4, -0.2) is 26.9 Å². The van der Waals surface area contributed by atoms with Crippen molar-refractivity contribution in [1.82, 2.24) is 14.4 Å². The smallest absolute Gasteiger partial charge is 0.417 e. The van der Waals surface area contributed by atoms with Crippen molar-refractivity contribution >= 4 is 5.65 Å². The first-order valence-corrected chi connectivity index (χ1v) is 7.57. The van der Waals surface area contributed by atoms with Crippen LogP contribution in [0.5, 0.6) is 5.75 Å². The highest BCUT2D eigenvalue weighted by Crippen LogP contribution is 2.31. The van der Waals surface area contributed by atoms with Gasteiger partial charge in [0.2, 0.25) is 0 Å². The molecule has 0 radical (unpaired) electrons. The molecule has 0 bridgehead atoms. The van der Waals surface area contributed by atoms with Gasteiger partial charge in [0.15, 0.2) is 6.61 Å². The lowest BCUT2D eigenvalue weighted by molar-refractivity contribution is -0.137. The zero-order valence-electron chi connectivity index (χ0n) is 13.8. The summed E-state index contributed by atoms with van der Waals surface area (Å²) < 4.78 is 70.5. The lowest BCUT2D eigenvalue weighted by atomic mass is 10.2. The van der Waals surface area contributed by atoms with Crippen molar-refractivity contribution in [1.29, 1.82) is 0 Å². The van der Waals surface area contributed by atoms with E-state index in [0.29, 0.717) is 22.7 Å². The summed E-state index contributed by atoms with van der Waals surface area (Å²) in [5.74, 6) is -2.80. The van der Waals surface area contributed by atoms with E-state index in [1.54, 1.807) is 6.92 Å². The summed E-state index contributed by atoms with van der Waals surface area (Å²) in [4.78, 5) is 8.40. The summed E-state index contributed by atoms with van der Waals surface area (Å²) in [6, 6.07) is 5.21. The number of nitrogens with zero attached hydrogens (tertiary/aromatic N) is 3. The molecule has 0 saturated carbocycles. The van der Waals surface area contributed by atoms with Gasteiger partial charge in [-0.2, -0.15) is 13.2 Å². The highest BCUT2D eigenvalue weighted by molar-refractivity contribution is 5.63. The van der Waals surface area contributed by atoms with E-state index in [-0.39, 0.29) is 5.75 Å². The molecule has 0 aromatic carbocycles. The number of imidazole rings is 1. The number of fused-ring (bicyclic) bond motifs is 1. The number of pyridine rings is 2. The first kappa shape index (κ1) is 18.1. The Labute approximate surface area is 145 Å². The van der Waals surface area contributed by atoms with Gasteiger partial charge in [-0.3, -0.25) is 4.98 Å². The largest absolute Gasteiger partial charge is 0.486 e. The molecule has 0 aliphatic carbocycles. The van der Waals surface area contributed by atoms with Crippen LogP contribution in [0, 0.1) is 6.92 Å². The number of alkyl halides is 5. The Hall–Kier alpha value is -2.71. The van der Waals surface area contributed by atoms with Gasteiger partial charge in [0.05, 0.1) is 17.5 Å². The molecule has 4 nitrogen and oxygen atoms in total. The van der Waals surface area contributed by atoms with Crippen LogP contribution in [0.3, 0.4) is 0 Å². The molecule has 0 saturated heterocycles. The van der Waals surface area contributed by atoms with Gasteiger partial charge in [0, 0.05) is 18.8 Å². The maximum Gasteiger partial charge on any atom is 0.417 e. The summed E-state index contributed by atoms with van der Waals surface area (Å²) in [6.45, 7) is 1.59. The topological polar surface area (TPSA) is 39.4 Å². The predicted molar refractivity (Wildman–Crippen MR) is 84.3 cm³/mol. The van der Waals surface area contributed by atoms with Crippen LogP contribution in [-0.2, 0) is 6.18 Å². The quantitative estimate of drug-likeness (QED) is 0.621. The molecule has 26 heavy (non-hydrogen) atoms. The van der Waals surface area contributed by atoms with Gasteiger partial charge in [0.1, 0.15) is 17.1 Å². The molecule has 3 aromatic heterocycles. The van der Waals surface area contributed by atoms with Gasteiger partial charge in [-0.1, -0.05) is 0 Å². The van der Waals surface area contributed by atoms with E-state index in [1.165, 1.54) is 28.8 Å². The van der Waals surface area contributed by atoms with E-state index in [1.807, 2.05) is 0 Å². The van der Waals surface area contributed by atoms with E-state index >= 15 is 0 Å². The zero-order valence-corrected chi connectivity index (χ0v) is 13.8. The van der Waals surface area contributed by atoms with Crippen LogP contribution >= 0.6 is 0 Å². The van der Waals surface area contributed by atoms with Crippen molar-refractivity contribution in [3.8, 4) is 17.1 Å². The molecule has 0 aliphatic heterocycles. The molecule has 0 spiro atoms. The third-order valence-corrected chi connectivity index (χ3v) is 3.66. The molecule has 0 aliphatic rings. The molecule has 0 atom stereocenters. The Morgan fingerprint density at radius 3 is 2.38 bits per heavy atom. The van der Waals surface area contributed by atoms with E-state index in [9.17, 15) is 22.0 Å². The second kappa shape index (κ2) is 6.22. The Kier molecular flexibility index (Phi) is 4.33. The van der Waals surface area contributed by atoms with Crippen molar-refractivity contribution in [2.75, 3.05) is 6.61 Å². The maximum atomic E-state index is 12.9. The summed E-state index contributed by atoms with van der Waals surface area (Å²) in [5, 5.41) is 0. The molecule has 3 aromatic rings. The van der Waals surface area contributed by atoms with Crippen LogP contribution in [0.15, 0.2) is 36.7 Å². The van der Waals surface area contributed by atoms with Crippen molar-refractivity contribution in [2.24, 2.45) is 0 Å². The summed E-state index contributed by atoms with van der Waals surface area (Å²) in [5.41, 5.74) is 0.840. The van der Waals surface area contributed by atoms with Crippen molar-refractivity contribution in [3.63, 3.8) is 0 Å². The highest BCUT2D eigenvalue weighted by atomic mass is 19.4. The first-order chi connectivity index (χ1) is 12.0. The minimum atomic E-state index is -4.45. The fourth-order valence-electron chi connectivity index (χ4n) is 2.39. The molecule has 0 amide bonds. The lowest BCUT2D eigenvalue weighted by Gasteiger charge is -2.11. The highest BCUT2D eigenvalue weighted by Gasteiger charge is 2.31. The number of aryl methyl sites for hydroxylation is 1. The first-order valence-electron chi connectivity index (χ1n) is 7.57. The molecule has 9 heteroatoms. The Morgan fingerprint density at radius 2 is 1.81 bits per heavy atom. The molecule has 3 heterocycles.